The first-order valence-corrected chi connectivity index (χ1v) is 9.82. The van der Waals surface area contributed by atoms with E-state index in [9.17, 15) is 0 Å². The van der Waals surface area contributed by atoms with Crippen LogP contribution in [0.3, 0.4) is 0 Å². The van der Waals surface area contributed by atoms with Gasteiger partial charge in [0.05, 0.1) is 0 Å². The average Bonchev–Trinajstić information content (AvgIpc) is 3.18. The third kappa shape index (κ3) is 3.97. The second kappa shape index (κ2) is 7.30. The molecule has 2 aromatic carbocycles. The summed E-state index contributed by atoms with van der Waals surface area (Å²) in [6.45, 7) is 13.5. The summed E-state index contributed by atoms with van der Waals surface area (Å²) >= 11 is 0. The Morgan fingerprint density at radius 3 is 1.26 bits per heavy atom. The molecule has 0 aliphatic carbocycles. The van der Waals surface area contributed by atoms with E-state index < -0.39 is 0 Å². The average molecular weight is 363 g/mol. The van der Waals surface area contributed by atoms with Gasteiger partial charge < -0.3 is 4.42 Å². The van der Waals surface area contributed by atoms with E-state index in [1.54, 1.807) is 0 Å². The van der Waals surface area contributed by atoms with Crippen LogP contribution in [0, 0.1) is 0 Å². The normalized spacial score (nSPS) is 12.4. The molecule has 0 aliphatic heterocycles. The van der Waals surface area contributed by atoms with Crippen molar-refractivity contribution in [3.63, 3.8) is 0 Å². The van der Waals surface area contributed by atoms with Gasteiger partial charge in [0.25, 0.3) is 0 Å². The highest BCUT2D eigenvalue weighted by Gasteiger charge is 2.20. The van der Waals surface area contributed by atoms with E-state index >= 15 is 0 Å². The van der Waals surface area contributed by atoms with Crippen LogP contribution < -0.4 is 0 Å². The molecule has 0 amide bonds. The van der Waals surface area contributed by atoms with Crippen molar-refractivity contribution < 1.29 is 4.42 Å². The maximum atomic E-state index is 5.94. The van der Waals surface area contributed by atoms with Gasteiger partial charge in [0.2, 0.25) is 11.8 Å². The Labute approximate surface area is 162 Å². The van der Waals surface area contributed by atoms with Crippen molar-refractivity contribution in [2.75, 3.05) is 0 Å². The minimum Gasteiger partial charge on any atom is -0.416 e. The minimum absolute atomic E-state index is 0.173. The van der Waals surface area contributed by atoms with E-state index in [4.69, 9.17) is 4.42 Å². The minimum atomic E-state index is 0.173. The molecule has 0 N–H and O–H groups in total. The van der Waals surface area contributed by atoms with Crippen LogP contribution in [-0.2, 0) is 10.8 Å². The summed E-state index contributed by atoms with van der Waals surface area (Å²) in [4.78, 5) is 0. The van der Waals surface area contributed by atoms with Gasteiger partial charge in [0.1, 0.15) is 0 Å². The SMILES string of the molecule is CCC(C)(C)c1ccc(-c2nnc(-c3ccc(C(C)(C)CC)cc3)o2)cc1. The van der Waals surface area contributed by atoms with Gasteiger partial charge in [-0.25, -0.2) is 0 Å². The van der Waals surface area contributed by atoms with E-state index in [0.717, 1.165) is 24.0 Å². The molecular formula is C24H30N2O. The fourth-order valence-corrected chi connectivity index (χ4v) is 2.99. The van der Waals surface area contributed by atoms with E-state index in [2.05, 4.69) is 100 Å². The smallest absolute Gasteiger partial charge is 0.248 e. The van der Waals surface area contributed by atoms with Crippen LogP contribution >= 0.6 is 0 Å². The van der Waals surface area contributed by atoms with Gasteiger partial charge in [0, 0.05) is 11.1 Å². The molecule has 142 valence electrons. The first-order chi connectivity index (χ1) is 12.8. The van der Waals surface area contributed by atoms with Gasteiger partial charge in [-0.2, -0.15) is 0 Å². The van der Waals surface area contributed by atoms with Crippen molar-refractivity contribution in [3.8, 4) is 22.9 Å². The van der Waals surface area contributed by atoms with Crippen LogP contribution in [-0.4, -0.2) is 10.2 Å². The molecule has 0 aliphatic rings. The summed E-state index contributed by atoms with van der Waals surface area (Å²) < 4.78 is 5.94. The van der Waals surface area contributed by atoms with Crippen LogP contribution in [0.25, 0.3) is 22.9 Å². The second-order valence-electron chi connectivity index (χ2n) is 8.54. The van der Waals surface area contributed by atoms with Crippen molar-refractivity contribution in [1.82, 2.24) is 10.2 Å². The maximum absolute atomic E-state index is 5.94. The zero-order valence-corrected chi connectivity index (χ0v) is 17.3. The number of rotatable bonds is 6. The van der Waals surface area contributed by atoms with Gasteiger partial charge in [-0.15, -0.1) is 10.2 Å². The number of nitrogens with zero attached hydrogens (tertiary/aromatic N) is 2. The number of hydrogen-bond acceptors (Lipinski definition) is 3. The Morgan fingerprint density at radius 2 is 0.963 bits per heavy atom. The summed E-state index contributed by atoms with van der Waals surface area (Å²) in [6.07, 6.45) is 2.20. The molecule has 1 heterocycles. The summed E-state index contributed by atoms with van der Waals surface area (Å²) in [6, 6.07) is 16.9. The van der Waals surface area contributed by atoms with E-state index in [1.165, 1.54) is 11.1 Å². The van der Waals surface area contributed by atoms with Crippen molar-refractivity contribution in [2.45, 2.75) is 65.2 Å². The second-order valence-corrected chi connectivity index (χ2v) is 8.54. The van der Waals surface area contributed by atoms with Gasteiger partial charge in [-0.1, -0.05) is 65.8 Å². The Bertz CT molecular complexity index is 813. The lowest BCUT2D eigenvalue weighted by atomic mass is 9.82. The Balaban J connectivity index is 1.83. The van der Waals surface area contributed by atoms with Crippen LogP contribution in [0.4, 0.5) is 0 Å². The lowest BCUT2D eigenvalue weighted by Gasteiger charge is -2.23. The van der Waals surface area contributed by atoms with E-state index in [0.29, 0.717) is 11.8 Å². The summed E-state index contributed by atoms with van der Waals surface area (Å²) in [5, 5.41) is 8.49. The molecular weight excluding hydrogens is 332 g/mol. The third-order valence-corrected chi connectivity index (χ3v) is 6.02. The Kier molecular flexibility index (Phi) is 5.23. The molecule has 0 saturated heterocycles. The number of hydrogen-bond donors (Lipinski definition) is 0. The first kappa shape index (κ1) is 19.3. The number of aromatic nitrogens is 2. The summed E-state index contributed by atoms with van der Waals surface area (Å²) in [5.74, 6) is 1.12. The van der Waals surface area contributed by atoms with Crippen LogP contribution in [0.15, 0.2) is 52.9 Å². The highest BCUT2D eigenvalue weighted by Crippen LogP contribution is 2.31. The lowest BCUT2D eigenvalue weighted by molar-refractivity contribution is 0.506. The highest BCUT2D eigenvalue weighted by molar-refractivity contribution is 5.58. The Hall–Kier alpha value is -2.42. The van der Waals surface area contributed by atoms with E-state index in [-0.39, 0.29) is 10.8 Å². The predicted octanol–water partition coefficient (Wildman–Crippen LogP) is 6.78. The monoisotopic (exact) mass is 362 g/mol. The van der Waals surface area contributed by atoms with Crippen molar-refractivity contribution in [3.05, 3.63) is 59.7 Å². The standard InChI is InChI=1S/C24H30N2O/c1-7-23(3,4)19-13-9-17(10-14-19)21-25-26-22(27-21)18-11-15-20(16-12-18)24(5,6)8-2/h9-16H,7-8H2,1-6H3. The highest BCUT2D eigenvalue weighted by atomic mass is 16.4. The molecule has 3 heteroatoms. The first-order valence-electron chi connectivity index (χ1n) is 9.82. The van der Waals surface area contributed by atoms with Crippen LogP contribution in [0.1, 0.15) is 65.5 Å². The molecule has 1 aromatic heterocycles. The number of benzene rings is 2. The maximum Gasteiger partial charge on any atom is 0.248 e. The van der Waals surface area contributed by atoms with Crippen molar-refractivity contribution in [1.29, 1.82) is 0 Å². The lowest BCUT2D eigenvalue weighted by Crippen LogP contribution is -2.14. The van der Waals surface area contributed by atoms with Gasteiger partial charge in [-0.05, 0) is 59.1 Å². The topological polar surface area (TPSA) is 38.9 Å². The third-order valence-electron chi connectivity index (χ3n) is 6.02. The fraction of sp³-hybridized carbons (Fsp3) is 0.417. The van der Waals surface area contributed by atoms with E-state index in [1.807, 2.05) is 0 Å². The quantitative estimate of drug-likeness (QED) is 0.485. The molecule has 0 saturated carbocycles. The molecule has 3 aromatic rings. The molecule has 0 fully saturated rings. The molecule has 3 nitrogen and oxygen atoms in total. The van der Waals surface area contributed by atoms with Crippen LogP contribution in [0.2, 0.25) is 0 Å². The summed E-state index contributed by atoms with van der Waals surface area (Å²) in [7, 11) is 0. The molecule has 0 bridgehead atoms. The molecule has 27 heavy (non-hydrogen) atoms. The largest absolute Gasteiger partial charge is 0.416 e. The Morgan fingerprint density at radius 1 is 0.630 bits per heavy atom. The van der Waals surface area contributed by atoms with Gasteiger partial charge in [-0.3, -0.25) is 0 Å². The zero-order chi connectivity index (χ0) is 19.7. The van der Waals surface area contributed by atoms with Crippen molar-refractivity contribution >= 4 is 0 Å². The molecule has 0 radical (unpaired) electrons. The molecule has 0 atom stereocenters. The molecule has 3 rings (SSSR count). The molecule has 0 spiro atoms. The van der Waals surface area contributed by atoms with Gasteiger partial charge in [0.15, 0.2) is 0 Å². The van der Waals surface area contributed by atoms with Crippen molar-refractivity contribution in [2.24, 2.45) is 0 Å². The summed E-state index contributed by atoms with van der Waals surface area (Å²) in [5.41, 5.74) is 4.89. The predicted molar refractivity (Wildman–Crippen MR) is 112 cm³/mol. The zero-order valence-electron chi connectivity index (χ0n) is 17.3. The van der Waals surface area contributed by atoms with Gasteiger partial charge >= 0.3 is 0 Å². The van der Waals surface area contributed by atoms with Crippen LogP contribution in [0.5, 0.6) is 0 Å². The fourth-order valence-electron chi connectivity index (χ4n) is 2.99. The molecule has 0 unspecified atom stereocenters.